The van der Waals surface area contributed by atoms with Crippen molar-refractivity contribution in [1.29, 1.82) is 0 Å². The average molecular weight is 510 g/mol. The number of esters is 2. The number of nitrogens with zero attached hydrogens (tertiary/aromatic N) is 1. The first kappa shape index (κ1) is 28.7. The third-order valence-corrected chi connectivity index (χ3v) is 4.79. The molecule has 0 spiro atoms. The topological polar surface area (TPSA) is 138 Å². The minimum absolute atomic E-state index is 0.0357. The molecule has 0 saturated carbocycles. The van der Waals surface area contributed by atoms with E-state index >= 15 is 0 Å². The highest BCUT2D eigenvalue weighted by atomic mass is 16.5. The van der Waals surface area contributed by atoms with E-state index in [9.17, 15) is 29.1 Å². The van der Waals surface area contributed by atoms with Crippen LogP contribution in [-0.4, -0.2) is 47.4 Å². The average Bonchev–Trinajstić information content (AvgIpc) is 3.01. The summed E-state index contributed by atoms with van der Waals surface area (Å²) in [6, 6.07) is 4.81. The van der Waals surface area contributed by atoms with Gasteiger partial charge in [-0.2, -0.15) is 0 Å². The zero-order chi connectivity index (χ0) is 27.2. The second-order valence-corrected chi connectivity index (χ2v) is 7.37. The first-order valence-corrected chi connectivity index (χ1v) is 11.6. The number of carbonyl (C=O) groups excluding carboxylic acids is 2. The van der Waals surface area contributed by atoms with Gasteiger partial charge >= 0.3 is 17.9 Å². The van der Waals surface area contributed by atoms with Gasteiger partial charge in [0.1, 0.15) is 18.5 Å². The molecule has 0 aliphatic carbocycles. The number of carboxylic acids is 1. The van der Waals surface area contributed by atoms with Crippen LogP contribution in [0.3, 0.4) is 0 Å². The summed E-state index contributed by atoms with van der Waals surface area (Å²) in [5.41, 5.74) is -1.14. The molecule has 0 amide bonds. The van der Waals surface area contributed by atoms with Gasteiger partial charge in [0, 0.05) is 30.8 Å². The van der Waals surface area contributed by atoms with Gasteiger partial charge in [0.2, 0.25) is 5.43 Å². The van der Waals surface area contributed by atoms with Crippen molar-refractivity contribution in [1.82, 2.24) is 4.57 Å². The van der Waals surface area contributed by atoms with Crippen LogP contribution in [-0.2, 0) is 25.6 Å². The number of aromatic carboxylic acids is 1. The number of pyridine rings is 1. The molecule has 0 atom stereocenters. The standard InChI is InChI=1S/C27H27NO9/c1-3-35-25(31)11-7-5-9-15-28-20-13-14-22(29)24(17-19(20)23(30)18-21(28)27(33)34)37-16-10-6-8-12-26(32)36-4-2/h13-14,17-18H,3-4,9-12,15-16H2,1-2H3,(H,33,34). The van der Waals surface area contributed by atoms with E-state index in [0.29, 0.717) is 0 Å². The molecule has 0 aliphatic rings. The number of ether oxygens (including phenoxy) is 3. The molecular formula is C27H27NO9. The van der Waals surface area contributed by atoms with E-state index in [-0.39, 0.29) is 74.4 Å². The van der Waals surface area contributed by atoms with E-state index < -0.39 is 28.8 Å². The van der Waals surface area contributed by atoms with E-state index in [2.05, 4.69) is 23.7 Å². The fourth-order valence-electron chi connectivity index (χ4n) is 3.23. The maximum absolute atomic E-state index is 12.7. The second kappa shape index (κ2) is 14.7. The molecule has 1 N–H and O–H groups in total. The Labute approximate surface area is 213 Å². The number of fused-ring (bicyclic) bond motifs is 1. The second-order valence-electron chi connectivity index (χ2n) is 7.37. The van der Waals surface area contributed by atoms with Crippen molar-refractivity contribution in [2.45, 2.75) is 46.1 Å². The Morgan fingerprint density at radius 3 is 2.08 bits per heavy atom. The lowest BCUT2D eigenvalue weighted by molar-refractivity contribution is -0.142. The van der Waals surface area contributed by atoms with E-state index in [4.69, 9.17) is 14.2 Å². The van der Waals surface area contributed by atoms with Gasteiger partial charge in [-0.15, -0.1) is 5.92 Å². The van der Waals surface area contributed by atoms with Crippen molar-refractivity contribution in [3.63, 3.8) is 0 Å². The smallest absolute Gasteiger partial charge is 0.352 e. The van der Waals surface area contributed by atoms with E-state index in [1.165, 1.54) is 22.8 Å². The summed E-state index contributed by atoms with van der Waals surface area (Å²) < 4.78 is 16.5. The zero-order valence-corrected chi connectivity index (χ0v) is 20.6. The Morgan fingerprint density at radius 2 is 1.49 bits per heavy atom. The highest BCUT2D eigenvalue weighted by Gasteiger charge is 2.15. The molecule has 0 fully saturated rings. The van der Waals surface area contributed by atoms with Crippen LogP contribution in [0.5, 0.6) is 5.75 Å². The molecule has 37 heavy (non-hydrogen) atoms. The monoisotopic (exact) mass is 509 g/mol. The molecule has 1 aromatic carbocycles. The fraction of sp³-hybridized carbons (Fsp3) is 0.370. The molecule has 0 radical (unpaired) electrons. The summed E-state index contributed by atoms with van der Waals surface area (Å²) in [4.78, 5) is 59.8. The molecule has 2 aromatic rings. The Morgan fingerprint density at radius 1 is 0.865 bits per heavy atom. The molecule has 10 nitrogen and oxygen atoms in total. The number of aromatic nitrogens is 1. The maximum Gasteiger partial charge on any atom is 0.352 e. The summed E-state index contributed by atoms with van der Waals surface area (Å²) in [6.07, 6.45) is 0.277. The quantitative estimate of drug-likeness (QED) is 0.290. The lowest BCUT2D eigenvalue weighted by Gasteiger charge is -2.12. The van der Waals surface area contributed by atoms with Crippen LogP contribution >= 0.6 is 0 Å². The Kier molecular flexibility index (Phi) is 11.4. The molecule has 0 saturated heterocycles. The van der Waals surface area contributed by atoms with Crippen LogP contribution in [0.2, 0.25) is 0 Å². The number of carbonyl (C=O) groups is 3. The van der Waals surface area contributed by atoms with Gasteiger partial charge < -0.3 is 23.9 Å². The summed E-state index contributed by atoms with van der Waals surface area (Å²) in [5, 5.41) is 9.71. The van der Waals surface area contributed by atoms with Crippen LogP contribution in [0.25, 0.3) is 10.9 Å². The Bertz CT molecular complexity index is 1400. The highest BCUT2D eigenvalue weighted by Crippen LogP contribution is 2.16. The van der Waals surface area contributed by atoms with Crippen molar-refractivity contribution < 1.29 is 33.7 Å². The van der Waals surface area contributed by atoms with Crippen molar-refractivity contribution >= 4 is 28.8 Å². The van der Waals surface area contributed by atoms with E-state index in [1.807, 2.05) is 0 Å². The fourth-order valence-corrected chi connectivity index (χ4v) is 3.23. The van der Waals surface area contributed by atoms with Gasteiger partial charge in [-0.25, -0.2) is 4.79 Å². The van der Waals surface area contributed by atoms with E-state index in [0.717, 1.165) is 6.07 Å². The lowest BCUT2D eigenvalue weighted by atomic mass is 10.2. The van der Waals surface area contributed by atoms with Gasteiger partial charge in [0.05, 0.1) is 25.3 Å². The van der Waals surface area contributed by atoms with Crippen LogP contribution in [0.1, 0.15) is 50.0 Å². The molecule has 2 rings (SSSR count). The molecular weight excluding hydrogens is 482 g/mol. The van der Waals surface area contributed by atoms with Crippen molar-refractivity contribution in [2.24, 2.45) is 0 Å². The van der Waals surface area contributed by atoms with Gasteiger partial charge in [-0.3, -0.25) is 19.2 Å². The molecule has 1 aromatic heterocycles. The van der Waals surface area contributed by atoms with Crippen molar-refractivity contribution in [3.8, 4) is 29.4 Å². The van der Waals surface area contributed by atoms with Gasteiger partial charge in [-0.1, -0.05) is 17.8 Å². The van der Waals surface area contributed by atoms with Crippen LogP contribution in [0.15, 0.2) is 33.9 Å². The summed E-state index contributed by atoms with van der Waals surface area (Å²) in [6.45, 7) is 4.04. The molecule has 0 aliphatic heterocycles. The molecule has 194 valence electrons. The third kappa shape index (κ3) is 8.86. The SMILES string of the molecule is CCOC(=O)CC#CCCOc1cc2c(=O)cc(C(=O)O)n(CCC#CCC(=O)OCC)c2ccc1=O. The number of rotatable bonds is 10. The third-order valence-electron chi connectivity index (χ3n) is 4.79. The first-order chi connectivity index (χ1) is 17.8. The van der Waals surface area contributed by atoms with Gasteiger partial charge in [0.15, 0.2) is 11.2 Å². The Balaban J connectivity index is 2.29. The van der Waals surface area contributed by atoms with Crippen molar-refractivity contribution in [3.05, 3.63) is 50.4 Å². The predicted molar refractivity (Wildman–Crippen MR) is 134 cm³/mol. The largest absolute Gasteiger partial charge is 0.488 e. The van der Waals surface area contributed by atoms with Crippen LogP contribution < -0.4 is 15.6 Å². The molecule has 0 unspecified atom stereocenters. The van der Waals surface area contributed by atoms with Crippen molar-refractivity contribution in [2.75, 3.05) is 19.8 Å². The molecule has 0 bridgehead atoms. The first-order valence-electron chi connectivity index (χ1n) is 11.6. The minimum atomic E-state index is -1.31. The number of hydrogen-bond donors (Lipinski definition) is 1. The number of carboxylic acid groups (broad SMARTS) is 1. The Hall–Kier alpha value is -4.57. The molecule has 1 heterocycles. The summed E-state index contributed by atoms with van der Waals surface area (Å²) >= 11 is 0. The maximum atomic E-state index is 12.7. The van der Waals surface area contributed by atoms with E-state index in [1.54, 1.807) is 13.8 Å². The minimum Gasteiger partial charge on any atom is -0.488 e. The molecule has 10 heteroatoms. The normalized spacial score (nSPS) is 9.89. The zero-order valence-electron chi connectivity index (χ0n) is 20.6. The van der Waals surface area contributed by atoms with Crippen LogP contribution in [0, 0.1) is 23.7 Å². The highest BCUT2D eigenvalue weighted by molar-refractivity contribution is 5.90. The number of aryl methyl sites for hydroxylation is 1. The van der Waals surface area contributed by atoms with Crippen LogP contribution in [0.4, 0.5) is 0 Å². The number of hydrogen-bond acceptors (Lipinski definition) is 8. The predicted octanol–water partition coefficient (Wildman–Crippen LogP) is 2.13. The lowest BCUT2D eigenvalue weighted by Crippen LogP contribution is -2.17. The van der Waals surface area contributed by atoms with Gasteiger partial charge in [-0.05, 0) is 32.0 Å². The summed E-state index contributed by atoms with van der Waals surface area (Å²) in [7, 11) is 0. The summed E-state index contributed by atoms with van der Waals surface area (Å²) in [5.74, 6) is 8.56. The van der Waals surface area contributed by atoms with Gasteiger partial charge in [0.25, 0.3) is 0 Å².